The summed E-state index contributed by atoms with van der Waals surface area (Å²) in [7, 11) is 0. The van der Waals surface area contributed by atoms with Crippen LogP contribution in [0.1, 0.15) is 0 Å². The Bertz CT molecular complexity index is 921. The van der Waals surface area contributed by atoms with Gasteiger partial charge in [-0.3, -0.25) is 0 Å². The average Bonchev–Trinajstić information content (AvgIpc) is 2.85. The summed E-state index contributed by atoms with van der Waals surface area (Å²) in [5.41, 5.74) is 4.14. The van der Waals surface area contributed by atoms with Crippen molar-refractivity contribution in [2.75, 3.05) is 0 Å². The van der Waals surface area contributed by atoms with Gasteiger partial charge in [0, 0.05) is 27.4 Å². The highest BCUT2D eigenvalue weighted by Crippen LogP contribution is 2.33. The normalized spacial score (nSPS) is 11.2. The molecule has 0 atom stereocenters. The van der Waals surface area contributed by atoms with Crippen LogP contribution in [0.4, 0.5) is 0 Å². The van der Waals surface area contributed by atoms with Gasteiger partial charge in [0.1, 0.15) is 5.75 Å². The van der Waals surface area contributed by atoms with Gasteiger partial charge >= 0.3 is 0 Å². The highest BCUT2D eigenvalue weighted by atomic mass is 16.3. The number of H-pyrrole nitrogens is 1. The predicted octanol–water partition coefficient (Wildman–Crippen LogP) is 4.69. The fourth-order valence-electron chi connectivity index (χ4n) is 2.73. The summed E-state index contributed by atoms with van der Waals surface area (Å²) in [5, 5.41) is 12.4. The van der Waals surface area contributed by atoms with Crippen molar-refractivity contribution in [3.8, 4) is 16.9 Å². The number of phenolic OH excluding ortho intramolecular Hbond substituents is 1. The maximum Gasteiger partial charge on any atom is 0.123 e. The minimum Gasteiger partial charge on any atom is -0.507 e. The number of hydrogen-bond donors (Lipinski definition) is 2. The third-order valence-corrected chi connectivity index (χ3v) is 3.72. The minimum absolute atomic E-state index is 0.312. The number of aromatic hydroxyl groups is 1. The number of benzene rings is 3. The maximum absolute atomic E-state index is 9.99. The molecule has 2 nitrogen and oxygen atoms in total. The first-order chi connectivity index (χ1) is 9.83. The van der Waals surface area contributed by atoms with E-state index < -0.39 is 0 Å². The third kappa shape index (κ3) is 1.58. The lowest BCUT2D eigenvalue weighted by Crippen LogP contribution is -1.78. The SMILES string of the molecule is Oc1ccccc1-c1ccc2[nH]c3ccccc3c2c1. The van der Waals surface area contributed by atoms with Crippen LogP contribution < -0.4 is 0 Å². The van der Waals surface area contributed by atoms with Crippen molar-refractivity contribution in [3.05, 3.63) is 66.7 Å². The van der Waals surface area contributed by atoms with E-state index in [0.717, 1.165) is 22.2 Å². The zero-order chi connectivity index (χ0) is 13.5. The number of fused-ring (bicyclic) bond motifs is 3. The molecular formula is C18H13NO. The summed E-state index contributed by atoms with van der Waals surface area (Å²) in [6, 6.07) is 21.9. The largest absolute Gasteiger partial charge is 0.507 e. The molecule has 0 aliphatic heterocycles. The molecule has 2 N–H and O–H groups in total. The molecular weight excluding hydrogens is 246 g/mol. The van der Waals surface area contributed by atoms with E-state index in [0.29, 0.717) is 5.75 Å². The molecule has 3 aromatic carbocycles. The Morgan fingerprint density at radius 2 is 1.45 bits per heavy atom. The Hall–Kier alpha value is -2.74. The molecule has 0 radical (unpaired) electrons. The van der Waals surface area contributed by atoms with Gasteiger partial charge in [0.2, 0.25) is 0 Å². The number of aromatic nitrogens is 1. The van der Waals surface area contributed by atoms with Crippen LogP contribution in [-0.4, -0.2) is 10.1 Å². The summed E-state index contributed by atoms with van der Waals surface area (Å²) >= 11 is 0. The van der Waals surface area contributed by atoms with Crippen LogP contribution >= 0.6 is 0 Å². The molecule has 0 saturated carbocycles. The van der Waals surface area contributed by atoms with Gasteiger partial charge in [0.05, 0.1) is 0 Å². The van der Waals surface area contributed by atoms with Crippen molar-refractivity contribution >= 4 is 21.8 Å². The van der Waals surface area contributed by atoms with Crippen LogP contribution in [0.5, 0.6) is 5.75 Å². The molecule has 0 aliphatic carbocycles. The van der Waals surface area contributed by atoms with Gasteiger partial charge in [0.25, 0.3) is 0 Å². The fourth-order valence-corrected chi connectivity index (χ4v) is 2.73. The summed E-state index contributed by atoms with van der Waals surface area (Å²) in [6.45, 7) is 0. The Morgan fingerprint density at radius 3 is 2.35 bits per heavy atom. The second-order valence-corrected chi connectivity index (χ2v) is 4.95. The Kier molecular flexibility index (Phi) is 2.30. The van der Waals surface area contributed by atoms with Gasteiger partial charge in [0.15, 0.2) is 0 Å². The second-order valence-electron chi connectivity index (χ2n) is 4.95. The molecule has 0 saturated heterocycles. The van der Waals surface area contributed by atoms with E-state index in [1.165, 1.54) is 10.8 Å². The summed E-state index contributed by atoms with van der Waals surface area (Å²) < 4.78 is 0. The number of hydrogen-bond acceptors (Lipinski definition) is 1. The Labute approximate surface area is 116 Å². The van der Waals surface area contributed by atoms with Crippen molar-refractivity contribution in [1.82, 2.24) is 4.98 Å². The Balaban J connectivity index is 2.03. The molecule has 20 heavy (non-hydrogen) atoms. The number of nitrogens with one attached hydrogen (secondary N) is 1. The van der Waals surface area contributed by atoms with E-state index in [4.69, 9.17) is 0 Å². The lowest BCUT2D eigenvalue weighted by Gasteiger charge is -2.04. The van der Waals surface area contributed by atoms with Crippen molar-refractivity contribution in [3.63, 3.8) is 0 Å². The predicted molar refractivity (Wildman–Crippen MR) is 82.9 cm³/mol. The fraction of sp³-hybridized carbons (Fsp3) is 0. The zero-order valence-corrected chi connectivity index (χ0v) is 10.8. The number of phenols is 1. The van der Waals surface area contributed by atoms with E-state index in [1.54, 1.807) is 6.07 Å². The van der Waals surface area contributed by atoms with Gasteiger partial charge < -0.3 is 10.1 Å². The standard InChI is InChI=1S/C18H13NO/c20-18-8-4-2-5-13(18)12-9-10-17-15(11-12)14-6-1-3-7-16(14)19-17/h1-11,19-20H. The lowest BCUT2D eigenvalue weighted by molar-refractivity contribution is 0.477. The zero-order valence-electron chi connectivity index (χ0n) is 10.8. The van der Waals surface area contributed by atoms with Crippen molar-refractivity contribution in [2.24, 2.45) is 0 Å². The summed E-state index contributed by atoms with van der Waals surface area (Å²) in [5.74, 6) is 0.312. The first kappa shape index (κ1) is 11.1. The molecule has 96 valence electrons. The van der Waals surface area contributed by atoms with E-state index >= 15 is 0 Å². The van der Waals surface area contributed by atoms with Crippen LogP contribution in [-0.2, 0) is 0 Å². The van der Waals surface area contributed by atoms with E-state index in [2.05, 4.69) is 29.2 Å². The number of rotatable bonds is 1. The van der Waals surface area contributed by atoms with Gasteiger partial charge in [-0.05, 0) is 29.8 Å². The third-order valence-electron chi connectivity index (χ3n) is 3.72. The highest BCUT2D eigenvalue weighted by molar-refractivity contribution is 6.08. The van der Waals surface area contributed by atoms with Crippen LogP contribution in [0.3, 0.4) is 0 Å². The molecule has 4 rings (SSSR count). The molecule has 0 unspecified atom stereocenters. The average molecular weight is 259 g/mol. The molecule has 0 bridgehead atoms. The molecule has 0 amide bonds. The second kappa shape index (κ2) is 4.14. The highest BCUT2D eigenvalue weighted by Gasteiger charge is 2.07. The maximum atomic E-state index is 9.99. The first-order valence-electron chi connectivity index (χ1n) is 6.62. The van der Waals surface area contributed by atoms with Crippen LogP contribution in [0.15, 0.2) is 66.7 Å². The topological polar surface area (TPSA) is 36.0 Å². The first-order valence-corrected chi connectivity index (χ1v) is 6.62. The van der Waals surface area contributed by atoms with Gasteiger partial charge in [-0.2, -0.15) is 0 Å². The smallest absolute Gasteiger partial charge is 0.123 e. The summed E-state index contributed by atoms with van der Waals surface area (Å²) in [6.07, 6.45) is 0. The quantitative estimate of drug-likeness (QED) is 0.511. The van der Waals surface area contributed by atoms with Crippen molar-refractivity contribution in [2.45, 2.75) is 0 Å². The van der Waals surface area contributed by atoms with Gasteiger partial charge in [-0.15, -0.1) is 0 Å². The molecule has 0 spiro atoms. The minimum atomic E-state index is 0.312. The number of para-hydroxylation sites is 2. The van der Waals surface area contributed by atoms with Gasteiger partial charge in [-0.25, -0.2) is 0 Å². The molecule has 4 aromatic rings. The van der Waals surface area contributed by atoms with Gasteiger partial charge in [-0.1, -0.05) is 42.5 Å². The van der Waals surface area contributed by atoms with Crippen molar-refractivity contribution in [1.29, 1.82) is 0 Å². The molecule has 2 heteroatoms. The molecule has 0 fully saturated rings. The monoisotopic (exact) mass is 259 g/mol. The summed E-state index contributed by atoms with van der Waals surface area (Å²) in [4.78, 5) is 3.41. The van der Waals surface area contributed by atoms with Crippen LogP contribution in [0, 0.1) is 0 Å². The van der Waals surface area contributed by atoms with Crippen LogP contribution in [0.2, 0.25) is 0 Å². The van der Waals surface area contributed by atoms with E-state index in [9.17, 15) is 5.11 Å². The van der Waals surface area contributed by atoms with E-state index in [1.807, 2.05) is 36.4 Å². The molecule has 0 aliphatic rings. The van der Waals surface area contributed by atoms with E-state index in [-0.39, 0.29) is 0 Å². The molecule has 1 heterocycles. The lowest BCUT2D eigenvalue weighted by atomic mass is 10.0. The van der Waals surface area contributed by atoms with Crippen molar-refractivity contribution < 1.29 is 5.11 Å². The van der Waals surface area contributed by atoms with Crippen LogP contribution in [0.25, 0.3) is 32.9 Å². The number of aromatic amines is 1. The molecule has 1 aromatic heterocycles. The Morgan fingerprint density at radius 1 is 0.700 bits per heavy atom.